The van der Waals surface area contributed by atoms with E-state index in [9.17, 15) is 4.79 Å². The summed E-state index contributed by atoms with van der Waals surface area (Å²) in [5, 5.41) is 10.2. The normalized spacial score (nSPS) is 12.6. The fraction of sp³-hybridized carbons (Fsp3) is 0.0588. The van der Waals surface area contributed by atoms with Gasteiger partial charge in [-0.1, -0.05) is 12.1 Å². The molecule has 7 nitrogen and oxygen atoms in total. The second kappa shape index (κ2) is 5.96. The molecule has 1 aliphatic carbocycles. The lowest BCUT2D eigenvalue weighted by molar-refractivity contribution is 0.0968. The number of nitrogens with zero attached hydrogens (tertiary/aromatic N) is 4. The van der Waals surface area contributed by atoms with Gasteiger partial charge < -0.3 is 10.6 Å². The number of pyridine rings is 1. The van der Waals surface area contributed by atoms with Crippen LogP contribution in [-0.2, 0) is 6.54 Å². The minimum atomic E-state index is -0.225. The maximum Gasteiger partial charge on any atom is 0.261 e. The van der Waals surface area contributed by atoms with E-state index < -0.39 is 0 Å². The third kappa shape index (κ3) is 2.74. The molecule has 3 aromatic rings. The van der Waals surface area contributed by atoms with Crippen molar-refractivity contribution in [1.82, 2.24) is 24.9 Å². The first kappa shape index (κ1) is 14.1. The van der Waals surface area contributed by atoms with Crippen molar-refractivity contribution in [2.45, 2.75) is 6.54 Å². The van der Waals surface area contributed by atoms with Crippen LogP contribution in [0.5, 0.6) is 0 Å². The fourth-order valence-corrected chi connectivity index (χ4v) is 2.30. The van der Waals surface area contributed by atoms with Gasteiger partial charge in [0.25, 0.3) is 5.91 Å². The molecule has 0 aliphatic heterocycles. The first-order valence-electron chi connectivity index (χ1n) is 7.46. The Kier molecular flexibility index (Phi) is 3.51. The van der Waals surface area contributed by atoms with Crippen LogP contribution in [0.1, 0.15) is 15.9 Å². The molecule has 0 spiro atoms. The zero-order chi connectivity index (χ0) is 16.4. The van der Waals surface area contributed by atoms with Crippen LogP contribution in [0.3, 0.4) is 0 Å². The number of rotatable bonds is 5. The number of carbonyl (C=O) groups excluding carboxylic acids is 1. The van der Waals surface area contributed by atoms with E-state index in [4.69, 9.17) is 0 Å². The average molecular weight is 318 g/mol. The summed E-state index contributed by atoms with van der Waals surface area (Å²) in [6, 6.07) is 5.68. The monoisotopic (exact) mass is 318 g/mol. The summed E-state index contributed by atoms with van der Waals surface area (Å²) in [5.74, 6) is 0.446. The Morgan fingerprint density at radius 3 is 2.92 bits per heavy atom. The minimum Gasteiger partial charge on any atom is -0.366 e. The van der Waals surface area contributed by atoms with E-state index in [-0.39, 0.29) is 5.91 Å². The van der Waals surface area contributed by atoms with Crippen molar-refractivity contribution >= 4 is 17.4 Å². The number of allylic oxidation sites excluding steroid dienone is 3. The molecule has 0 atom stereocenters. The summed E-state index contributed by atoms with van der Waals surface area (Å²) < 4.78 is 1.58. The molecule has 2 N–H and O–H groups in total. The number of carbonyl (C=O) groups is 1. The van der Waals surface area contributed by atoms with Crippen molar-refractivity contribution in [1.29, 1.82) is 0 Å². The molecule has 0 bridgehead atoms. The predicted molar refractivity (Wildman–Crippen MR) is 89.2 cm³/mol. The molecular weight excluding hydrogens is 304 g/mol. The molecule has 0 saturated carbocycles. The SMILES string of the molecule is O=C(NC1=CC=C1)c1cnn2ccc(NCc3cccnc3)nc12. The molecule has 3 heterocycles. The van der Waals surface area contributed by atoms with E-state index in [2.05, 4.69) is 25.7 Å². The lowest BCUT2D eigenvalue weighted by atomic mass is 10.2. The van der Waals surface area contributed by atoms with Gasteiger partial charge in [0.05, 0.1) is 6.20 Å². The number of nitrogens with one attached hydrogen (secondary N) is 2. The van der Waals surface area contributed by atoms with Crippen LogP contribution in [0.25, 0.3) is 5.65 Å². The molecular formula is C17H14N6O. The van der Waals surface area contributed by atoms with Crippen LogP contribution in [-0.4, -0.2) is 25.5 Å². The fourth-order valence-electron chi connectivity index (χ4n) is 2.30. The number of fused-ring (bicyclic) bond motifs is 1. The second-order valence-corrected chi connectivity index (χ2v) is 5.29. The molecule has 7 heteroatoms. The van der Waals surface area contributed by atoms with Gasteiger partial charge in [0.15, 0.2) is 5.65 Å². The topological polar surface area (TPSA) is 84.2 Å². The Labute approximate surface area is 137 Å². The Balaban J connectivity index is 1.55. The molecule has 0 unspecified atom stereocenters. The Morgan fingerprint density at radius 1 is 1.25 bits per heavy atom. The van der Waals surface area contributed by atoms with E-state index in [0.29, 0.717) is 23.6 Å². The molecule has 0 saturated heterocycles. The van der Waals surface area contributed by atoms with Crippen LogP contribution in [0.15, 0.2) is 66.9 Å². The van der Waals surface area contributed by atoms with Crippen LogP contribution in [0, 0.1) is 0 Å². The van der Waals surface area contributed by atoms with Gasteiger partial charge in [0.2, 0.25) is 0 Å². The maximum absolute atomic E-state index is 12.3. The zero-order valence-corrected chi connectivity index (χ0v) is 12.7. The predicted octanol–water partition coefficient (Wildman–Crippen LogP) is 1.92. The Morgan fingerprint density at radius 2 is 2.17 bits per heavy atom. The van der Waals surface area contributed by atoms with Gasteiger partial charge in [-0.2, -0.15) is 5.10 Å². The van der Waals surface area contributed by atoms with Crippen molar-refractivity contribution in [2.24, 2.45) is 0 Å². The lowest BCUT2D eigenvalue weighted by Crippen LogP contribution is -2.23. The molecule has 3 aromatic heterocycles. The first-order chi connectivity index (χ1) is 11.8. The summed E-state index contributed by atoms with van der Waals surface area (Å²) >= 11 is 0. The third-order valence-electron chi connectivity index (χ3n) is 3.62. The van der Waals surface area contributed by atoms with Gasteiger partial charge in [-0.25, -0.2) is 9.50 Å². The smallest absolute Gasteiger partial charge is 0.261 e. The van der Waals surface area contributed by atoms with Crippen molar-refractivity contribution in [3.05, 3.63) is 78.0 Å². The van der Waals surface area contributed by atoms with Gasteiger partial charge in [-0.3, -0.25) is 9.78 Å². The summed E-state index contributed by atoms with van der Waals surface area (Å²) in [7, 11) is 0. The third-order valence-corrected chi connectivity index (χ3v) is 3.62. The largest absolute Gasteiger partial charge is 0.366 e. The van der Waals surface area contributed by atoms with Gasteiger partial charge in [-0.15, -0.1) is 0 Å². The van der Waals surface area contributed by atoms with Gasteiger partial charge in [0, 0.05) is 30.8 Å². The maximum atomic E-state index is 12.3. The molecule has 1 amide bonds. The van der Waals surface area contributed by atoms with Crippen molar-refractivity contribution < 1.29 is 4.79 Å². The molecule has 0 radical (unpaired) electrons. The number of aromatic nitrogens is 4. The van der Waals surface area contributed by atoms with E-state index >= 15 is 0 Å². The second-order valence-electron chi connectivity index (χ2n) is 5.29. The van der Waals surface area contributed by atoms with Crippen molar-refractivity contribution in [3.63, 3.8) is 0 Å². The molecule has 118 valence electrons. The highest BCUT2D eigenvalue weighted by Crippen LogP contribution is 2.14. The molecule has 24 heavy (non-hydrogen) atoms. The van der Waals surface area contributed by atoms with Crippen LogP contribution in [0.2, 0.25) is 0 Å². The molecule has 4 rings (SSSR count). The van der Waals surface area contributed by atoms with E-state index in [1.807, 2.05) is 36.4 Å². The van der Waals surface area contributed by atoms with Crippen molar-refractivity contribution in [2.75, 3.05) is 5.32 Å². The number of amides is 1. The first-order valence-corrected chi connectivity index (χ1v) is 7.46. The van der Waals surface area contributed by atoms with Gasteiger partial charge in [0.1, 0.15) is 11.4 Å². The molecule has 0 aromatic carbocycles. The van der Waals surface area contributed by atoms with Gasteiger partial charge >= 0.3 is 0 Å². The number of anilines is 1. The summed E-state index contributed by atoms with van der Waals surface area (Å²) in [4.78, 5) is 20.9. The van der Waals surface area contributed by atoms with Crippen LogP contribution >= 0.6 is 0 Å². The van der Waals surface area contributed by atoms with Crippen molar-refractivity contribution in [3.8, 4) is 0 Å². The summed E-state index contributed by atoms with van der Waals surface area (Å²) in [6.07, 6.45) is 12.3. The van der Waals surface area contributed by atoms with E-state index in [1.54, 1.807) is 23.1 Å². The number of hydrogen-bond acceptors (Lipinski definition) is 5. The highest BCUT2D eigenvalue weighted by molar-refractivity contribution is 6.01. The van der Waals surface area contributed by atoms with Crippen LogP contribution < -0.4 is 10.6 Å². The minimum absolute atomic E-state index is 0.225. The summed E-state index contributed by atoms with van der Waals surface area (Å²) in [6.45, 7) is 0.602. The lowest BCUT2D eigenvalue weighted by Gasteiger charge is -2.09. The Bertz CT molecular complexity index is 958. The molecule has 0 fully saturated rings. The van der Waals surface area contributed by atoms with Gasteiger partial charge in [-0.05, 0) is 29.8 Å². The molecule has 1 aliphatic rings. The quantitative estimate of drug-likeness (QED) is 0.751. The average Bonchev–Trinajstić information content (AvgIpc) is 3.00. The summed E-state index contributed by atoms with van der Waals surface area (Å²) in [5.41, 5.74) is 2.77. The highest BCUT2D eigenvalue weighted by atomic mass is 16.1. The van der Waals surface area contributed by atoms with Crippen LogP contribution in [0.4, 0.5) is 5.82 Å². The Hall–Kier alpha value is -3.48. The van der Waals surface area contributed by atoms with E-state index in [1.165, 1.54) is 6.20 Å². The highest BCUT2D eigenvalue weighted by Gasteiger charge is 2.15. The number of hydrogen-bond donors (Lipinski definition) is 2. The standard InChI is InChI=1S/C17H14N6O/c24-17(21-13-4-1-5-13)14-11-20-23-8-6-15(22-16(14)23)19-10-12-3-2-7-18-9-12/h1-9,11H,10H2,(H,19,22)(H,21,24). The zero-order valence-electron chi connectivity index (χ0n) is 12.7. The van der Waals surface area contributed by atoms with E-state index in [0.717, 1.165) is 11.3 Å².